The molecule has 1 aromatic heterocycles. The van der Waals surface area contributed by atoms with E-state index < -0.39 is 9.84 Å². The molecule has 0 amide bonds. The summed E-state index contributed by atoms with van der Waals surface area (Å²) >= 11 is 0. The van der Waals surface area contributed by atoms with Gasteiger partial charge in [-0.3, -0.25) is 0 Å². The third kappa shape index (κ3) is 3.30. The average Bonchev–Trinajstić information content (AvgIpc) is 2.70. The fourth-order valence-electron chi connectivity index (χ4n) is 1.87. The number of sulfone groups is 1. The quantitative estimate of drug-likeness (QED) is 0.905. The molecule has 7 heteroatoms. The first-order valence-corrected chi connectivity index (χ1v) is 8.11. The summed E-state index contributed by atoms with van der Waals surface area (Å²) in [6, 6.07) is 7.16. The van der Waals surface area contributed by atoms with E-state index in [0.717, 1.165) is 17.6 Å². The number of benzene rings is 1. The summed E-state index contributed by atoms with van der Waals surface area (Å²) in [6.45, 7) is 2.48. The lowest BCUT2D eigenvalue weighted by atomic mass is 10.1. The van der Waals surface area contributed by atoms with Gasteiger partial charge in [-0.15, -0.1) is 0 Å². The highest BCUT2D eigenvalue weighted by atomic mass is 32.2. The predicted octanol–water partition coefficient (Wildman–Crippen LogP) is 1.87. The third-order valence-corrected chi connectivity index (χ3v) is 3.42. The van der Waals surface area contributed by atoms with Gasteiger partial charge in [-0.05, 0) is 24.6 Å². The molecule has 108 valence electrons. The Morgan fingerprint density at radius 1 is 1.30 bits per heavy atom. The molecule has 0 unspecified atom stereocenters. The molecule has 0 fully saturated rings. The molecule has 0 atom stereocenters. The smallest absolute Gasteiger partial charge is 0.175 e. The fraction of sp³-hybridized carbons (Fsp3) is 0.308. The Kier molecular flexibility index (Phi) is 3.99. The minimum absolute atomic E-state index is 0.174. The van der Waals surface area contributed by atoms with Gasteiger partial charge in [-0.25, -0.2) is 8.42 Å². The zero-order valence-corrected chi connectivity index (χ0v) is 12.1. The van der Waals surface area contributed by atoms with E-state index in [9.17, 15) is 8.42 Å². The van der Waals surface area contributed by atoms with Crippen LogP contribution in [0.2, 0.25) is 0 Å². The van der Waals surface area contributed by atoms with Gasteiger partial charge >= 0.3 is 0 Å². The van der Waals surface area contributed by atoms with Crippen molar-refractivity contribution >= 4 is 15.7 Å². The van der Waals surface area contributed by atoms with Gasteiger partial charge in [0.15, 0.2) is 21.4 Å². The van der Waals surface area contributed by atoms with Crippen LogP contribution in [0.3, 0.4) is 0 Å². The van der Waals surface area contributed by atoms with E-state index in [2.05, 4.69) is 5.16 Å². The van der Waals surface area contributed by atoms with Gasteiger partial charge in [0.05, 0.1) is 12.2 Å². The Morgan fingerprint density at radius 2 is 1.95 bits per heavy atom. The van der Waals surface area contributed by atoms with Gasteiger partial charge in [0.2, 0.25) is 0 Å². The first-order valence-electron chi connectivity index (χ1n) is 6.05. The second-order valence-corrected chi connectivity index (χ2v) is 6.53. The minimum Gasteiger partial charge on any atom is -0.494 e. The van der Waals surface area contributed by atoms with Crippen LogP contribution in [0.15, 0.2) is 28.8 Å². The van der Waals surface area contributed by atoms with E-state index in [1.54, 1.807) is 24.3 Å². The van der Waals surface area contributed by atoms with E-state index in [-0.39, 0.29) is 17.3 Å². The molecular formula is C13H16N2O4S. The Hall–Kier alpha value is -2.02. The van der Waals surface area contributed by atoms with Gasteiger partial charge in [0.1, 0.15) is 11.5 Å². The second-order valence-electron chi connectivity index (χ2n) is 4.39. The molecule has 1 aromatic carbocycles. The molecule has 1 heterocycles. The highest BCUT2D eigenvalue weighted by Gasteiger charge is 2.19. The van der Waals surface area contributed by atoms with Crippen molar-refractivity contribution in [3.63, 3.8) is 0 Å². The maximum Gasteiger partial charge on any atom is 0.175 e. The zero-order valence-electron chi connectivity index (χ0n) is 11.3. The number of hydrogen-bond acceptors (Lipinski definition) is 6. The molecule has 0 aliphatic carbocycles. The lowest BCUT2D eigenvalue weighted by molar-refractivity contribution is 0.340. The van der Waals surface area contributed by atoms with Crippen molar-refractivity contribution in [2.75, 3.05) is 18.6 Å². The summed E-state index contributed by atoms with van der Waals surface area (Å²) in [4.78, 5) is 0. The first-order chi connectivity index (χ1) is 9.40. The van der Waals surface area contributed by atoms with Crippen LogP contribution in [0.1, 0.15) is 12.7 Å². The summed E-state index contributed by atoms with van der Waals surface area (Å²) in [5.74, 6) is 0.914. The fourth-order valence-corrected chi connectivity index (χ4v) is 2.54. The summed E-state index contributed by atoms with van der Waals surface area (Å²) < 4.78 is 33.1. The Balaban J connectivity index is 2.39. The minimum atomic E-state index is -3.23. The van der Waals surface area contributed by atoms with E-state index in [4.69, 9.17) is 15.0 Å². The van der Waals surface area contributed by atoms with Crippen LogP contribution in [0.5, 0.6) is 5.75 Å². The van der Waals surface area contributed by atoms with Crippen LogP contribution >= 0.6 is 0 Å². The highest BCUT2D eigenvalue weighted by molar-refractivity contribution is 7.89. The van der Waals surface area contributed by atoms with E-state index in [1.165, 1.54) is 0 Å². The molecule has 2 N–H and O–H groups in total. The number of nitrogen functional groups attached to an aromatic ring is 1. The molecule has 6 nitrogen and oxygen atoms in total. The lowest BCUT2D eigenvalue weighted by Crippen LogP contribution is -2.01. The van der Waals surface area contributed by atoms with Crippen LogP contribution in [0, 0.1) is 0 Å². The number of nitrogens with zero attached hydrogens (tertiary/aromatic N) is 1. The maximum atomic E-state index is 11.4. The Labute approximate surface area is 117 Å². The second kappa shape index (κ2) is 5.54. The van der Waals surface area contributed by atoms with Gasteiger partial charge < -0.3 is 15.0 Å². The molecule has 0 spiro atoms. The molecule has 0 radical (unpaired) electrons. The van der Waals surface area contributed by atoms with Gasteiger partial charge in [0.25, 0.3) is 0 Å². The van der Waals surface area contributed by atoms with Crippen LogP contribution in [-0.2, 0) is 15.6 Å². The normalized spacial score (nSPS) is 11.5. The number of hydrogen-bond donors (Lipinski definition) is 1. The molecule has 0 saturated heterocycles. The molecule has 0 aliphatic rings. The van der Waals surface area contributed by atoms with Crippen LogP contribution in [0.25, 0.3) is 11.1 Å². The van der Waals surface area contributed by atoms with Gasteiger partial charge in [-0.1, -0.05) is 17.3 Å². The largest absolute Gasteiger partial charge is 0.494 e. The van der Waals surface area contributed by atoms with E-state index in [1.807, 2.05) is 6.92 Å². The number of aromatic nitrogens is 1. The van der Waals surface area contributed by atoms with Crippen molar-refractivity contribution in [2.45, 2.75) is 12.7 Å². The van der Waals surface area contributed by atoms with Crippen LogP contribution in [-0.4, -0.2) is 26.4 Å². The number of ether oxygens (including phenoxy) is 1. The SMILES string of the molecule is CCOc1ccc(-c2c(N)noc2CS(C)(=O)=O)cc1. The van der Waals surface area contributed by atoms with Crippen LogP contribution in [0.4, 0.5) is 5.82 Å². The third-order valence-electron chi connectivity index (χ3n) is 2.64. The first kappa shape index (κ1) is 14.4. The maximum absolute atomic E-state index is 11.4. The summed E-state index contributed by atoms with van der Waals surface area (Å²) in [5.41, 5.74) is 7.01. The highest BCUT2D eigenvalue weighted by Crippen LogP contribution is 2.31. The molecule has 2 rings (SSSR count). The molecule has 20 heavy (non-hydrogen) atoms. The van der Waals surface area contributed by atoms with E-state index in [0.29, 0.717) is 12.2 Å². The topological polar surface area (TPSA) is 95.4 Å². The number of nitrogens with two attached hydrogens (primary N) is 1. The van der Waals surface area contributed by atoms with Crippen molar-refractivity contribution in [1.29, 1.82) is 0 Å². The number of rotatable bonds is 5. The summed E-state index contributed by atoms with van der Waals surface area (Å²) in [6.07, 6.45) is 1.13. The summed E-state index contributed by atoms with van der Waals surface area (Å²) in [5, 5.41) is 3.64. The van der Waals surface area contributed by atoms with Crippen molar-refractivity contribution in [3.05, 3.63) is 30.0 Å². The average molecular weight is 296 g/mol. The Bertz CT molecular complexity index is 690. The monoisotopic (exact) mass is 296 g/mol. The van der Waals surface area contributed by atoms with Crippen molar-refractivity contribution in [1.82, 2.24) is 5.16 Å². The standard InChI is InChI=1S/C13H16N2O4S/c1-3-18-10-6-4-9(5-7-10)12-11(8-20(2,16)17)19-15-13(12)14/h4-7H,3,8H2,1-2H3,(H2,14,15). The predicted molar refractivity (Wildman–Crippen MR) is 76.1 cm³/mol. The van der Waals surface area contributed by atoms with Gasteiger partial charge in [-0.2, -0.15) is 0 Å². The summed E-state index contributed by atoms with van der Waals surface area (Å²) in [7, 11) is -3.23. The zero-order chi connectivity index (χ0) is 14.8. The van der Waals surface area contributed by atoms with Crippen molar-refractivity contribution < 1.29 is 17.7 Å². The van der Waals surface area contributed by atoms with Gasteiger partial charge in [0, 0.05) is 6.26 Å². The molecule has 0 saturated carbocycles. The molecule has 0 bridgehead atoms. The van der Waals surface area contributed by atoms with Crippen molar-refractivity contribution in [3.8, 4) is 16.9 Å². The molecule has 2 aromatic rings. The Morgan fingerprint density at radius 3 is 2.50 bits per heavy atom. The molecular weight excluding hydrogens is 280 g/mol. The lowest BCUT2D eigenvalue weighted by Gasteiger charge is -2.05. The van der Waals surface area contributed by atoms with Crippen LogP contribution < -0.4 is 10.5 Å². The van der Waals surface area contributed by atoms with Crippen molar-refractivity contribution in [2.24, 2.45) is 0 Å². The van der Waals surface area contributed by atoms with E-state index >= 15 is 0 Å². The molecule has 0 aliphatic heterocycles. The number of anilines is 1.